The topological polar surface area (TPSA) is 95.9 Å². The summed E-state index contributed by atoms with van der Waals surface area (Å²) in [5, 5.41) is 24.0. The first kappa shape index (κ1) is 25.1. The van der Waals surface area contributed by atoms with Crippen LogP contribution in [-0.2, 0) is 0 Å². The Bertz CT molecular complexity index is 1500. The van der Waals surface area contributed by atoms with E-state index in [4.69, 9.17) is 20.9 Å². The van der Waals surface area contributed by atoms with E-state index in [2.05, 4.69) is 22.0 Å². The Morgan fingerprint density at radius 2 is 1.87 bits per heavy atom. The minimum absolute atomic E-state index is 0.122. The number of ether oxygens (including phenoxy) is 2. The molecule has 0 bridgehead atoms. The van der Waals surface area contributed by atoms with Crippen molar-refractivity contribution in [3.8, 4) is 41.0 Å². The molecule has 0 aliphatic carbocycles. The predicted octanol–water partition coefficient (Wildman–Crippen LogP) is 4.45. The number of fused-ring (bicyclic) bond motifs is 1. The van der Waals surface area contributed by atoms with Crippen LogP contribution in [0, 0.1) is 23.7 Å². The fourth-order valence-corrected chi connectivity index (χ4v) is 4.50. The van der Waals surface area contributed by atoms with Crippen LogP contribution in [0.5, 0.6) is 11.5 Å². The van der Waals surface area contributed by atoms with Gasteiger partial charge in [0.05, 0.1) is 29.1 Å². The molecule has 38 heavy (non-hydrogen) atoms. The number of terminal acetylenes is 1. The van der Waals surface area contributed by atoms with Crippen molar-refractivity contribution < 1.29 is 14.6 Å². The number of hydrogen-bond donors (Lipinski definition) is 1. The van der Waals surface area contributed by atoms with Crippen LogP contribution < -0.4 is 14.4 Å². The van der Waals surface area contributed by atoms with E-state index in [1.807, 2.05) is 48.7 Å². The van der Waals surface area contributed by atoms with Crippen LogP contribution in [0.2, 0.25) is 0 Å². The molecule has 0 saturated carbocycles. The van der Waals surface area contributed by atoms with Crippen molar-refractivity contribution in [3.05, 3.63) is 72.2 Å². The van der Waals surface area contributed by atoms with E-state index in [1.165, 1.54) is 6.20 Å². The molecule has 3 aromatic heterocycles. The molecule has 1 aromatic carbocycles. The minimum atomic E-state index is -0.981. The lowest BCUT2D eigenvalue weighted by Crippen LogP contribution is -2.38. The first-order chi connectivity index (χ1) is 18.3. The standard InChI is InChI=1S/C30H29N5O3/c1-4-21-5-8-24(9-6-21)38-25-11-13-34(14-12-25)28-10-7-22(17-32-28)27-15-26(37-20-30(2,3)36)19-35-29(27)23(16-31)18-33-35/h1,5-10,15,17-19,25,36H,11-14,20H2,2-3H3. The zero-order chi connectivity index (χ0) is 26.7. The van der Waals surface area contributed by atoms with Crippen LogP contribution in [-0.4, -0.2) is 51.1 Å². The summed E-state index contributed by atoms with van der Waals surface area (Å²) in [6.07, 6.45) is 12.4. The Labute approximate surface area is 222 Å². The van der Waals surface area contributed by atoms with E-state index in [0.717, 1.165) is 54.2 Å². The Balaban J connectivity index is 1.31. The number of piperidine rings is 1. The van der Waals surface area contributed by atoms with Crippen molar-refractivity contribution in [1.82, 2.24) is 14.6 Å². The molecule has 0 amide bonds. The van der Waals surface area contributed by atoms with Crippen molar-refractivity contribution >= 4 is 11.3 Å². The van der Waals surface area contributed by atoms with Gasteiger partial charge in [0.1, 0.15) is 36.1 Å². The normalized spacial score (nSPS) is 14.2. The number of nitriles is 1. The Morgan fingerprint density at radius 1 is 1.11 bits per heavy atom. The van der Waals surface area contributed by atoms with Gasteiger partial charge in [0, 0.05) is 48.8 Å². The Hall–Kier alpha value is -4.53. The summed E-state index contributed by atoms with van der Waals surface area (Å²) >= 11 is 0. The van der Waals surface area contributed by atoms with Gasteiger partial charge in [0.15, 0.2) is 0 Å². The summed E-state index contributed by atoms with van der Waals surface area (Å²) in [6, 6.07) is 15.7. The van der Waals surface area contributed by atoms with Gasteiger partial charge in [-0.3, -0.25) is 0 Å². The van der Waals surface area contributed by atoms with Gasteiger partial charge in [0.2, 0.25) is 0 Å². The molecule has 0 unspecified atom stereocenters. The number of rotatable bonds is 7. The van der Waals surface area contributed by atoms with E-state index in [1.54, 1.807) is 24.6 Å². The number of anilines is 1. The summed E-state index contributed by atoms with van der Waals surface area (Å²) in [5.74, 6) is 4.89. The van der Waals surface area contributed by atoms with Crippen LogP contribution in [0.4, 0.5) is 5.82 Å². The number of hydrogen-bond acceptors (Lipinski definition) is 7. The van der Waals surface area contributed by atoms with Gasteiger partial charge in [-0.1, -0.05) is 5.92 Å². The van der Waals surface area contributed by atoms with Crippen molar-refractivity contribution in [2.75, 3.05) is 24.6 Å². The van der Waals surface area contributed by atoms with Crippen LogP contribution in [0.1, 0.15) is 37.8 Å². The molecule has 8 nitrogen and oxygen atoms in total. The van der Waals surface area contributed by atoms with Crippen LogP contribution in [0.3, 0.4) is 0 Å². The molecule has 4 heterocycles. The fraction of sp³-hybridized carbons (Fsp3) is 0.300. The number of benzene rings is 1. The van der Waals surface area contributed by atoms with E-state index in [-0.39, 0.29) is 12.7 Å². The fourth-order valence-electron chi connectivity index (χ4n) is 4.50. The molecule has 1 aliphatic rings. The van der Waals surface area contributed by atoms with E-state index >= 15 is 0 Å². The summed E-state index contributed by atoms with van der Waals surface area (Å²) in [6.45, 7) is 5.17. The summed E-state index contributed by atoms with van der Waals surface area (Å²) < 4.78 is 13.6. The molecule has 1 fully saturated rings. The van der Waals surface area contributed by atoms with Crippen LogP contribution >= 0.6 is 0 Å². The lowest BCUT2D eigenvalue weighted by molar-refractivity contribution is 0.0283. The second-order valence-electron chi connectivity index (χ2n) is 10.0. The summed E-state index contributed by atoms with van der Waals surface area (Å²) in [7, 11) is 0. The van der Waals surface area contributed by atoms with Crippen molar-refractivity contribution in [2.24, 2.45) is 0 Å². The van der Waals surface area contributed by atoms with E-state index in [0.29, 0.717) is 16.8 Å². The van der Waals surface area contributed by atoms with Crippen molar-refractivity contribution in [1.29, 1.82) is 5.26 Å². The predicted molar refractivity (Wildman–Crippen MR) is 145 cm³/mol. The quantitative estimate of drug-likeness (QED) is 0.369. The molecule has 0 spiro atoms. The molecule has 0 atom stereocenters. The molecule has 1 saturated heterocycles. The average Bonchev–Trinajstić information content (AvgIpc) is 3.35. The largest absolute Gasteiger partial charge is 0.490 e. The Morgan fingerprint density at radius 3 is 2.50 bits per heavy atom. The highest BCUT2D eigenvalue weighted by molar-refractivity contribution is 5.85. The molecular formula is C30H29N5O3. The highest BCUT2D eigenvalue weighted by Crippen LogP contribution is 2.32. The summed E-state index contributed by atoms with van der Waals surface area (Å²) in [5.41, 5.74) is 2.64. The lowest BCUT2D eigenvalue weighted by Gasteiger charge is -2.33. The average molecular weight is 508 g/mol. The van der Waals surface area contributed by atoms with Gasteiger partial charge < -0.3 is 19.5 Å². The third-order valence-electron chi connectivity index (χ3n) is 6.45. The molecule has 0 radical (unpaired) electrons. The number of pyridine rings is 2. The van der Waals surface area contributed by atoms with Gasteiger partial charge in [-0.15, -0.1) is 6.42 Å². The smallest absolute Gasteiger partial charge is 0.138 e. The summed E-state index contributed by atoms with van der Waals surface area (Å²) in [4.78, 5) is 6.99. The van der Waals surface area contributed by atoms with Crippen LogP contribution in [0.15, 0.2) is 61.1 Å². The molecule has 5 rings (SSSR count). The van der Waals surface area contributed by atoms with Gasteiger partial charge in [-0.25, -0.2) is 9.50 Å². The highest BCUT2D eigenvalue weighted by atomic mass is 16.5. The number of aromatic nitrogens is 3. The maximum Gasteiger partial charge on any atom is 0.138 e. The first-order valence-electron chi connectivity index (χ1n) is 12.5. The zero-order valence-corrected chi connectivity index (χ0v) is 21.5. The minimum Gasteiger partial charge on any atom is -0.490 e. The van der Waals surface area contributed by atoms with Gasteiger partial charge in [-0.05, 0) is 56.3 Å². The van der Waals surface area contributed by atoms with Gasteiger partial charge >= 0.3 is 0 Å². The maximum atomic E-state index is 10.1. The molecule has 4 aromatic rings. The highest BCUT2D eigenvalue weighted by Gasteiger charge is 2.22. The van der Waals surface area contributed by atoms with Crippen molar-refractivity contribution in [2.45, 2.75) is 38.4 Å². The molecule has 192 valence electrons. The second-order valence-corrected chi connectivity index (χ2v) is 10.0. The molecule has 1 N–H and O–H groups in total. The van der Waals surface area contributed by atoms with Crippen LogP contribution in [0.25, 0.3) is 16.6 Å². The molecule has 1 aliphatic heterocycles. The SMILES string of the molecule is C#Cc1ccc(OC2CCN(c3ccc(-c4cc(OCC(C)(C)O)cn5ncc(C#N)c45)cn3)CC2)cc1. The molecule has 8 heteroatoms. The zero-order valence-electron chi connectivity index (χ0n) is 21.5. The third-order valence-corrected chi connectivity index (χ3v) is 6.45. The lowest BCUT2D eigenvalue weighted by atomic mass is 10.0. The molecular weight excluding hydrogens is 478 g/mol. The van der Waals surface area contributed by atoms with E-state index < -0.39 is 5.60 Å². The second kappa shape index (κ2) is 10.5. The van der Waals surface area contributed by atoms with E-state index in [9.17, 15) is 10.4 Å². The van der Waals surface area contributed by atoms with Crippen molar-refractivity contribution in [3.63, 3.8) is 0 Å². The first-order valence-corrected chi connectivity index (χ1v) is 12.5. The van der Waals surface area contributed by atoms with Gasteiger partial charge in [-0.2, -0.15) is 10.4 Å². The third kappa shape index (κ3) is 5.56. The number of nitrogens with zero attached hydrogens (tertiary/aromatic N) is 5. The maximum absolute atomic E-state index is 10.1. The monoisotopic (exact) mass is 507 g/mol. The number of aliphatic hydroxyl groups is 1. The van der Waals surface area contributed by atoms with Gasteiger partial charge in [0.25, 0.3) is 0 Å². The Kier molecular flexibility index (Phi) is 6.91.